The quantitative estimate of drug-likeness (QED) is 0.535. The molecule has 0 bridgehead atoms. The number of rotatable bonds is 5. The van der Waals surface area contributed by atoms with Crippen molar-refractivity contribution in [3.63, 3.8) is 0 Å². The van der Waals surface area contributed by atoms with Crippen LogP contribution in [0.25, 0.3) is 0 Å². The Kier molecular flexibility index (Phi) is 6.80. The lowest BCUT2D eigenvalue weighted by Gasteiger charge is -2.11. The van der Waals surface area contributed by atoms with E-state index in [1.165, 1.54) is 0 Å². The van der Waals surface area contributed by atoms with Gasteiger partial charge in [0.15, 0.2) is 5.11 Å². The van der Waals surface area contributed by atoms with Crippen molar-refractivity contribution in [2.45, 2.75) is 6.54 Å². The van der Waals surface area contributed by atoms with E-state index < -0.39 is 0 Å². The molecule has 5 nitrogen and oxygen atoms in total. The SMILES string of the molecule is COc1ccc(CNC(=S)NC(=O)c2ccc(OC)c(I)c2)cc1. The van der Waals surface area contributed by atoms with Crippen molar-refractivity contribution < 1.29 is 14.3 Å². The maximum absolute atomic E-state index is 12.2. The lowest BCUT2D eigenvalue weighted by molar-refractivity contribution is 0.0976. The van der Waals surface area contributed by atoms with E-state index in [1.807, 2.05) is 24.3 Å². The molecule has 0 aromatic heterocycles. The molecule has 0 unspecified atom stereocenters. The van der Waals surface area contributed by atoms with Gasteiger partial charge in [-0.2, -0.15) is 0 Å². The number of nitrogens with one attached hydrogen (secondary N) is 2. The molecule has 2 rings (SSSR count). The molecular formula is C17H17IN2O3S. The van der Waals surface area contributed by atoms with Crippen LogP contribution in [0.4, 0.5) is 0 Å². The molecule has 0 saturated heterocycles. The van der Waals surface area contributed by atoms with Gasteiger partial charge in [0.05, 0.1) is 17.8 Å². The van der Waals surface area contributed by atoms with Gasteiger partial charge in [0.1, 0.15) is 11.5 Å². The van der Waals surface area contributed by atoms with Crippen molar-refractivity contribution >= 4 is 45.8 Å². The summed E-state index contributed by atoms with van der Waals surface area (Å²) in [6, 6.07) is 12.8. The topological polar surface area (TPSA) is 59.6 Å². The van der Waals surface area contributed by atoms with Gasteiger partial charge in [-0.3, -0.25) is 10.1 Å². The predicted octanol–water partition coefficient (Wildman–Crippen LogP) is 3.11. The van der Waals surface area contributed by atoms with E-state index in [2.05, 4.69) is 33.2 Å². The summed E-state index contributed by atoms with van der Waals surface area (Å²) in [4.78, 5) is 12.2. The number of hydrogen-bond donors (Lipinski definition) is 2. The summed E-state index contributed by atoms with van der Waals surface area (Å²) in [6.45, 7) is 0.517. The van der Waals surface area contributed by atoms with Gasteiger partial charge in [0.25, 0.3) is 5.91 Å². The highest BCUT2D eigenvalue weighted by Gasteiger charge is 2.10. The summed E-state index contributed by atoms with van der Waals surface area (Å²) in [5, 5.41) is 5.95. The van der Waals surface area contributed by atoms with Crippen LogP contribution in [0, 0.1) is 3.57 Å². The second-order valence-electron chi connectivity index (χ2n) is 4.83. The van der Waals surface area contributed by atoms with Crippen LogP contribution in [0.1, 0.15) is 15.9 Å². The molecule has 0 aliphatic carbocycles. The van der Waals surface area contributed by atoms with Crippen molar-refractivity contribution in [3.8, 4) is 11.5 Å². The molecule has 0 fully saturated rings. The number of benzene rings is 2. The van der Waals surface area contributed by atoms with Crippen molar-refractivity contribution in [1.82, 2.24) is 10.6 Å². The van der Waals surface area contributed by atoms with Gasteiger partial charge in [-0.15, -0.1) is 0 Å². The van der Waals surface area contributed by atoms with Crippen molar-refractivity contribution in [3.05, 3.63) is 57.2 Å². The first-order chi connectivity index (χ1) is 11.5. The minimum Gasteiger partial charge on any atom is -0.497 e. The lowest BCUT2D eigenvalue weighted by atomic mass is 10.2. The lowest BCUT2D eigenvalue weighted by Crippen LogP contribution is -2.38. The summed E-state index contributed by atoms with van der Waals surface area (Å²) in [5.41, 5.74) is 1.56. The van der Waals surface area contributed by atoms with Crippen LogP contribution in [0.15, 0.2) is 42.5 Å². The van der Waals surface area contributed by atoms with Gasteiger partial charge < -0.3 is 14.8 Å². The number of halogens is 1. The zero-order valence-electron chi connectivity index (χ0n) is 13.3. The third kappa shape index (κ3) is 5.07. The standard InChI is InChI=1S/C17H17IN2O3S/c1-22-13-6-3-11(4-7-13)10-19-17(24)20-16(21)12-5-8-15(23-2)14(18)9-12/h3-9H,10H2,1-2H3,(H2,19,20,21,24). The number of thiocarbonyl (C=S) groups is 1. The average molecular weight is 456 g/mol. The Bertz CT molecular complexity index is 735. The van der Waals surface area contributed by atoms with Crippen molar-refractivity contribution in [2.75, 3.05) is 14.2 Å². The Hall–Kier alpha value is -1.87. The van der Waals surface area contributed by atoms with Gasteiger partial charge in [0, 0.05) is 12.1 Å². The molecule has 1 amide bonds. The number of ether oxygens (including phenoxy) is 2. The van der Waals surface area contributed by atoms with Crippen molar-refractivity contribution in [1.29, 1.82) is 0 Å². The molecule has 2 aromatic rings. The molecule has 0 atom stereocenters. The molecule has 126 valence electrons. The number of carbonyl (C=O) groups is 1. The monoisotopic (exact) mass is 456 g/mol. The Balaban J connectivity index is 1.89. The Morgan fingerprint density at radius 1 is 1.12 bits per heavy atom. The average Bonchev–Trinajstić information content (AvgIpc) is 2.60. The smallest absolute Gasteiger partial charge is 0.257 e. The highest BCUT2D eigenvalue weighted by Crippen LogP contribution is 2.21. The highest BCUT2D eigenvalue weighted by atomic mass is 127. The molecule has 2 aromatic carbocycles. The summed E-state index contributed by atoms with van der Waals surface area (Å²) in [6.07, 6.45) is 0. The van der Waals surface area contributed by atoms with Crippen LogP contribution in [-0.2, 0) is 6.54 Å². The molecular weight excluding hydrogens is 439 g/mol. The number of methoxy groups -OCH3 is 2. The molecule has 7 heteroatoms. The predicted molar refractivity (Wildman–Crippen MR) is 106 cm³/mol. The largest absolute Gasteiger partial charge is 0.497 e. The number of carbonyl (C=O) groups excluding carboxylic acids is 1. The highest BCUT2D eigenvalue weighted by molar-refractivity contribution is 14.1. The Labute approximate surface area is 159 Å². The molecule has 0 spiro atoms. The van der Waals surface area contributed by atoms with Gasteiger partial charge in [-0.05, 0) is 70.7 Å². The fraction of sp³-hybridized carbons (Fsp3) is 0.176. The molecule has 0 heterocycles. The van der Waals surface area contributed by atoms with E-state index in [9.17, 15) is 4.79 Å². The van der Waals surface area contributed by atoms with Crippen LogP contribution < -0.4 is 20.1 Å². The molecule has 0 aliphatic heterocycles. The van der Waals surface area contributed by atoms with Crippen molar-refractivity contribution in [2.24, 2.45) is 0 Å². The molecule has 2 N–H and O–H groups in total. The van der Waals surface area contributed by atoms with Gasteiger partial charge in [0.2, 0.25) is 0 Å². The number of amides is 1. The van der Waals surface area contributed by atoms with E-state index >= 15 is 0 Å². The first-order valence-electron chi connectivity index (χ1n) is 7.09. The maximum Gasteiger partial charge on any atom is 0.257 e. The molecule has 0 aliphatic rings. The minimum atomic E-state index is -0.261. The van der Waals surface area contributed by atoms with E-state index in [0.29, 0.717) is 12.1 Å². The summed E-state index contributed by atoms with van der Waals surface area (Å²) >= 11 is 7.28. The fourth-order valence-electron chi connectivity index (χ4n) is 1.95. The fourth-order valence-corrected chi connectivity index (χ4v) is 2.85. The van der Waals surface area contributed by atoms with E-state index in [4.69, 9.17) is 21.7 Å². The summed E-state index contributed by atoms with van der Waals surface area (Å²) < 4.78 is 11.1. The first-order valence-corrected chi connectivity index (χ1v) is 8.58. The Morgan fingerprint density at radius 2 is 1.83 bits per heavy atom. The molecule has 0 radical (unpaired) electrons. The summed E-state index contributed by atoms with van der Waals surface area (Å²) in [7, 11) is 3.22. The second kappa shape index (κ2) is 8.84. The molecule has 24 heavy (non-hydrogen) atoms. The minimum absolute atomic E-state index is 0.261. The zero-order valence-corrected chi connectivity index (χ0v) is 16.2. The van der Waals surface area contributed by atoms with E-state index in [-0.39, 0.29) is 11.0 Å². The van der Waals surface area contributed by atoms with Crippen LogP contribution in [0.2, 0.25) is 0 Å². The van der Waals surface area contributed by atoms with Gasteiger partial charge >= 0.3 is 0 Å². The molecule has 0 saturated carbocycles. The third-order valence-electron chi connectivity index (χ3n) is 3.25. The first kappa shape index (κ1) is 18.5. The second-order valence-corrected chi connectivity index (χ2v) is 6.40. The van der Waals surface area contributed by atoms with Crippen LogP contribution in [0.3, 0.4) is 0 Å². The maximum atomic E-state index is 12.2. The number of hydrogen-bond acceptors (Lipinski definition) is 4. The van der Waals surface area contributed by atoms with Crippen LogP contribution in [0.5, 0.6) is 11.5 Å². The normalized spacial score (nSPS) is 9.96. The Morgan fingerprint density at radius 3 is 2.42 bits per heavy atom. The van der Waals surface area contributed by atoms with Crippen LogP contribution in [-0.4, -0.2) is 25.2 Å². The van der Waals surface area contributed by atoms with E-state index in [0.717, 1.165) is 20.6 Å². The van der Waals surface area contributed by atoms with Gasteiger partial charge in [-0.1, -0.05) is 12.1 Å². The van der Waals surface area contributed by atoms with Crippen LogP contribution >= 0.6 is 34.8 Å². The summed E-state index contributed by atoms with van der Waals surface area (Å²) in [5.74, 6) is 1.26. The van der Waals surface area contributed by atoms with Gasteiger partial charge in [-0.25, -0.2) is 0 Å². The zero-order chi connectivity index (χ0) is 17.5. The van der Waals surface area contributed by atoms with E-state index in [1.54, 1.807) is 32.4 Å². The third-order valence-corrected chi connectivity index (χ3v) is 4.34.